The smallest absolute Gasteiger partial charge is 0.324 e. The number of nitrogens with one attached hydrogen (secondary N) is 1. The molecule has 2 aliphatic carbocycles. The standard InChI is InChI=1S/C24H22N6O/c1-26-13-5-3-6-14(9-13)31-24-28-20-10-16-15(7-4-8-19(16)27-2)21(20)23(29-24)30-11-17-18(12-30)22(17)25/h3-9,17-18,22,27H,10-12,25H2,2H3. The zero-order valence-electron chi connectivity index (χ0n) is 17.2. The number of ether oxygens (including phenoxy) is 1. The first-order valence-corrected chi connectivity index (χ1v) is 10.5. The molecule has 1 aliphatic heterocycles. The van der Waals surface area contributed by atoms with E-state index < -0.39 is 0 Å². The Morgan fingerprint density at radius 2 is 1.97 bits per heavy atom. The van der Waals surface area contributed by atoms with Crippen LogP contribution >= 0.6 is 0 Å². The molecule has 0 bridgehead atoms. The Morgan fingerprint density at radius 1 is 1.16 bits per heavy atom. The molecule has 3 aromatic rings. The van der Waals surface area contributed by atoms with Gasteiger partial charge in [0, 0.05) is 43.9 Å². The largest absolute Gasteiger partial charge is 0.426 e. The minimum Gasteiger partial charge on any atom is -0.426 e. The molecule has 7 heteroatoms. The van der Waals surface area contributed by atoms with Gasteiger partial charge in [-0.3, -0.25) is 0 Å². The molecular formula is C24H22N6O. The molecule has 6 rings (SSSR count). The van der Waals surface area contributed by atoms with Crippen LogP contribution in [0.1, 0.15) is 11.3 Å². The van der Waals surface area contributed by atoms with Crippen molar-refractivity contribution in [3.05, 3.63) is 65.1 Å². The van der Waals surface area contributed by atoms with Crippen LogP contribution in [0.25, 0.3) is 16.0 Å². The van der Waals surface area contributed by atoms with Gasteiger partial charge in [-0.25, -0.2) is 4.85 Å². The van der Waals surface area contributed by atoms with Gasteiger partial charge in [0.2, 0.25) is 0 Å². The second-order valence-electron chi connectivity index (χ2n) is 8.43. The van der Waals surface area contributed by atoms with Gasteiger partial charge in [-0.1, -0.05) is 24.3 Å². The van der Waals surface area contributed by atoms with Crippen molar-refractivity contribution >= 4 is 17.2 Å². The van der Waals surface area contributed by atoms with Gasteiger partial charge in [0.25, 0.3) is 0 Å². The Kier molecular flexibility index (Phi) is 3.92. The summed E-state index contributed by atoms with van der Waals surface area (Å²) in [6.07, 6.45) is 0.732. The van der Waals surface area contributed by atoms with Crippen LogP contribution in [0.4, 0.5) is 17.2 Å². The zero-order chi connectivity index (χ0) is 21.1. The second-order valence-corrected chi connectivity index (χ2v) is 8.43. The summed E-state index contributed by atoms with van der Waals surface area (Å²) < 4.78 is 6.03. The van der Waals surface area contributed by atoms with Crippen LogP contribution in [0.2, 0.25) is 0 Å². The maximum atomic E-state index is 7.24. The van der Waals surface area contributed by atoms with Crippen LogP contribution in [-0.4, -0.2) is 36.1 Å². The maximum absolute atomic E-state index is 7.24. The van der Waals surface area contributed by atoms with E-state index in [1.165, 1.54) is 11.1 Å². The first-order chi connectivity index (χ1) is 15.2. The summed E-state index contributed by atoms with van der Waals surface area (Å²) >= 11 is 0. The maximum Gasteiger partial charge on any atom is 0.324 e. The number of piperidine rings is 1. The molecule has 1 aromatic heterocycles. The molecule has 2 aromatic carbocycles. The van der Waals surface area contributed by atoms with Gasteiger partial charge in [-0.15, -0.1) is 0 Å². The van der Waals surface area contributed by atoms with Crippen molar-refractivity contribution in [2.75, 3.05) is 30.4 Å². The number of anilines is 2. The molecule has 2 heterocycles. The van der Waals surface area contributed by atoms with Gasteiger partial charge >= 0.3 is 6.01 Å². The molecule has 2 unspecified atom stereocenters. The molecule has 1 saturated carbocycles. The minimum absolute atomic E-state index is 0.319. The molecule has 0 spiro atoms. The van der Waals surface area contributed by atoms with Crippen LogP contribution in [0.15, 0.2) is 42.5 Å². The third kappa shape index (κ3) is 2.83. The second kappa shape index (κ2) is 6.69. The summed E-state index contributed by atoms with van der Waals surface area (Å²) in [5, 5.41) is 3.30. The third-order valence-electron chi connectivity index (χ3n) is 6.72. The zero-order valence-corrected chi connectivity index (χ0v) is 17.2. The molecule has 2 fully saturated rings. The number of aromatic nitrogens is 2. The average molecular weight is 410 g/mol. The van der Waals surface area contributed by atoms with E-state index in [4.69, 9.17) is 27.0 Å². The highest BCUT2D eigenvalue weighted by Crippen LogP contribution is 2.50. The van der Waals surface area contributed by atoms with Crippen molar-refractivity contribution < 1.29 is 4.74 Å². The van der Waals surface area contributed by atoms with E-state index >= 15 is 0 Å². The van der Waals surface area contributed by atoms with Crippen LogP contribution in [0.3, 0.4) is 0 Å². The van der Waals surface area contributed by atoms with Crippen molar-refractivity contribution in [3.63, 3.8) is 0 Å². The van der Waals surface area contributed by atoms with Gasteiger partial charge in [0.1, 0.15) is 11.6 Å². The number of nitrogens with zero attached hydrogens (tertiary/aromatic N) is 4. The molecular weight excluding hydrogens is 388 g/mol. The van der Waals surface area contributed by atoms with Crippen molar-refractivity contribution in [2.45, 2.75) is 12.5 Å². The van der Waals surface area contributed by atoms with E-state index in [0.29, 0.717) is 35.3 Å². The Balaban J connectivity index is 1.44. The highest BCUT2D eigenvalue weighted by Gasteiger charge is 2.54. The van der Waals surface area contributed by atoms with Gasteiger partial charge in [0.05, 0.1) is 12.3 Å². The molecule has 1 saturated heterocycles. The van der Waals surface area contributed by atoms with Crippen LogP contribution < -0.4 is 20.7 Å². The lowest BCUT2D eigenvalue weighted by molar-refractivity contribution is 0.440. The number of hydrogen-bond donors (Lipinski definition) is 2. The molecule has 3 aliphatic rings. The van der Waals surface area contributed by atoms with Gasteiger partial charge < -0.3 is 20.7 Å². The molecule has 7 nitrogen and oxygen atoms in total. The Labute approximate surface area is 180 Å². The molecule has 2 atom stereocenters. The fourth-order valence-corrected chi connectivity index (χ4v) is 5.03. The Bertz CT molecular complexity index is 1240. The molecule has 3 N–H and O–H groups in total. The van der Waals surface area contributed by atoms with E-state index in [1.807, 2.05) is 13.1 Å². The quantitative estimate of drug-likeness (QED) is 0.498. The SMILES string of the molecule is [C-]#[N+]c1cccc(Oc2nc3c(c(N4CC5C(N)C5C4)n2)-c2cccc(NC)c2C3)c1. The monoisotopic (exact) mass is 410 g/mol. The van der Waals surface area contributed by atoms with E-state index in [2.05, 4.69) is 33.3 Å². The lowest BCUT2D eigenvalue weighted by Crippen LogP contribution is -2.29. The van der Waals surface area contributed by atoms with Crippen LogP contribution in [-0.2, 0) is 6.42 Å². The van der Waals surface area contributed by atoms with Crippen molar-refractivity contribution in [2.24, 2.45) is 17.6 Å². The van der Waals surface area contributed by atoms with Crippen LogP contribution in [0.5, 0.6) is 11.8 Å². The predicted octanol–water partition coefficient (Wildman–Crippen LogP) is 3.83. The third-order valence-corrected chi connectivity index (χ3v) is 6.72. The summed E-state index contributed by atoms with van der Waals surface area (Å²) in [6.45, 7) is 9.07. The molecule has 154 valence electrons. The fraction of sp³-hybridized carbons (Fsp3) is 0.292. The number of benzene rings is 2. The first kappa shape index (κ1) is 18.2. The lowest BCUT2D eigenvalue weighted by atomic mass is 10.1. The lowest BCUT2D eigenvalue weighted by Gasteiger charge is -2.23. The van der Waals surface area contributed by atoms with Gasteiger partial charge in [-0.2, -0.15) is 9.97 Å². The molecule has 0 radical (unpaired) electrons. The fourth-order valence-electron chi connectivity index (χ4n) is 5.03. The van der Waals surface area contributed by atoms with Crippen molar-refractivity contribution in [1.29, 1.82) is 0 Å². The summed E-state index contributed by atoms with van der Waals surface area (Å²) in [6, 6.07) is 14.0. The summed E-state index contributed by atoms with van der Waals surface area (Å²) in [5.74, 6) is 2.59. The number of hydrogen-bond acceptors (Lipinski definition) is 6. The first-order valence-electron chi connectivity index (χ1n) is 10.5. The summed E-state index contributed by atoms with van der Waals surface area (Å²) in [7, 11) is 1.94. The number of nitrogens with two attached hydrogens (primary N) is 1. The van der Waals surface area contributed by atoms with E-state index in [0.717, 1.165) is 42.3 Å². The summed E-state index contributed by atoms with van der Waals surface area (Å²) in [4.78, 5) is 15.5. The van der Waals surface area contributed by atoms with Crippen molar-refractivity contribution in [1.82, 2.24) is 9.97 Å². The minimum atomic E-state index is 0.319. The molecule has 31 heavy (non-hydrogen) atoms. The predicted molar refractivity (Wildman–Crippen MR) is 120 cm³/mol. The van der Waals surface area contributed by atoms with Crippen LogP contribution in [0, 0.1) is 18.4 Å². The van der Waals surface area contributed by atoms with Gasteiger partial charge in [-0.05, 0) is 41.2 Å². The van der Waals surface area contributed by atoms with Gasteiger partial charge in [0.15, 0.2) is 5.69 Å². The van der Waals surface area contributed by atoms with E-state index in [1.54, 1.807) is 18.2 Å². The Morgan fingerprint density at radius 3 is 2.74 bits per heavy atom. The number of fused-ring (bicyclic) bond motifs is 4. The Hall–Kier alpha value is -3.63. The highest BCUT2D eigenvalue weighted by molar-refractivity contribution is 5.88. The highest BCUT2D eigenvalue weighted by atomic mass is 16.5. The number of rotatable bonds is 4. The van der Waals surface area contributed by atoms with E-state index in [9.17, 15) is 0 Å². The normalized spacial score (nSPS) is 22.4. The van der Waals surface area contributed by atoms with Crippen molar-refractivity contribution in [3.8, 4) is 22.9 Å². The topological polar surface area (TPSA) is 80.7 Å². The molecule has 0 amide bonds. The van der Waals surface area contributed by atoms with E-state index in [-0.39, 0.29) is 0 Å². The summed E-state index contributed by atoms with van der Waals surface area (Å²) in [5.41, 5.74) is 12.3. The average Bonchev–Trinajstić information content (AvgIpc) is 3.15.